The number of urea groups is 1. The van der Waals surface area contributed by atoms with Gasteiger partial charge in [-0.1, -0.05) is 23.8 Å². The number of carbonyl (C=O) groups excluding carboxylic acids is 3. The van der Waals surface area contributed by atoms with E-state index in [0.717, 1.165) is 10.5 Å². The van der Waals surface area contributed by atoms with Crippen molar-refractivity contribution in [3.8, 4) is 11.5 Å². The maximum atomic E-state index is 13.0. The summed E-state index contributed by atoms with van der Waals surface area (Å²) in [5.74, 6) is 0.189. The first-order valence-corrected chi connectivity index (χ1v) is 8.76. The number of imide groups is 1. The lowest BCUT2D eigenvalue weighted by atomic mass is 9.92. The second-order valence-electron chi connectivity index (χ2n) is 6.80. The number of ether oxygens (including phenoxy) is 2. The number of carbonyl (C=O) groups is 3. The summed E-state index contributed by atoms with van der Waals surface area (Å²) >= 11 is 0. The first-order chi connectivity index (χ1) is 13.3. The molecule has 1 atom stereocenters. The van der Waals surface area contributed by atoms with Gasteiger partial charge in [0.15, 0.2) is 5.78 Å². The Morgan fingerprint density at radius 2 is 1.75 bits per heavy atom. The highest BCUT2D eigenvalue weighted by molar-refractivity contribution is 6.11. The molecule has 7 nitrogen and oxygen atoms in total. The second kappa shape index (κ2) is 7.34. The van der Waals surface area contributed by atoms with Crippen LogP contribution >= 0.6 is 0 Å². The predicted octanol–water partition coefficient (Wildman–Crippen LogP) is 2.66. The summed E-state index contributed by atoms with van der Waals surface area (Å²) in [6.45, 7) is 3.10. The van der Waals surface area contributed by atoms with Crippen LogP contribution in [0.2, 0.25) is 0 Å². The number of benzene rings is 2. The molecule has 2 aromatic carbocycles. The maximum Gasteiger partial charge on any atom is 0.325 e. The van der Waals surface area contributed by atoms with Gasteiger partial charge in [-0.15, -0.1) is 0 Å². The van der Waals surface area contributed by atoms with Crippen molar-refractivity contribution < 1.29 is 23.9 Å². The normalized spacial score (nSPS) is 18.8. The monoisotopic (exact) mass is 382 g/mol. The molecule has 0 aliphatic carbocycles. The lowest BCUT2D eigenvalue weighted by Gasteiger charge is -2.22. The molecular weight excluding hydrogens is 360 g/mol. The van der Waals surface area contributed by atoms with Crippen LogP contribution in [0.5, 0.6) is 11.5 Å². The van der Waals surface area contributed by atoms with Crippen LogP contribution in [0.1, 0.15) is 28.4 Å². The number of Topliss-reactive ketones (excluding diaryl/α,β-unsaturated/α-hetero) is 1. The van der Waals surface area contributed by atoms with Crippen molar-refractivity contribution in [3.63, 3.8) is 0 Å². The van der Waals surface area contributed by atoms with Gasteiger partial charge in [0, 0.05) is 0 Å². The van der Waals surface area contributed by atoms with Gasteiger partial charge < -0.3 is 14.8 Å². The van der Waals surface area contributed by atoms with E-state index < -0.39 is 17.5 Å². The van der Waals surface area contributed by atoms with E-state index in [1.807, 2.05) is 13.0 Å². The third kappa shape index (κ3) is 3.31. The Balaban J connectivity index is 1.86. The van der Waals surface area contributed by atoms with E-state index in [4.69, 9.17) is 9.47 Å². The zero-order chi connectivity index (χ0) is 20.5. The first-order valence-electron chi connectivity index (χ1n) is 8.76. The molecule has 0 saturated carbocycles. The highest BCUT2D eigenvalue weighted by Gasteiger charge is 2.49. The van der Waals surface area contributed by atoms with Crippen molar-refractivity contribution in [2.75, 3.05) is 20.8 Å². The van der Waals surface area contributed by atoms with Crippen LogP contribution in [0.15, 0.2) is 42.5 Å². The van der Waals surface area contributed by atoms with Crippen molar-refractivity contribution in [2.24, 2.45) is 0 Å². The molecule has 2 aromatic rings. The average molecular weight is 382 g/mol. The fraction of sp³-hybridized carbons (Fsp3) is 0.286. The van der Waals surface area contributed by atoms with Gasteiger partial charge in [0.25, 0.3) is 5.91 Å². The number of nitrogens with zero attached hydrogens (tertiary/aromatic N) is 1. The predicted molar refractivity (Wildman–Crippen MR) is 103 cm³/mol. The first kappa shape index (κ1) is 19.4. The van der Waals surface area contributed by atoms with Crippen LogP contribution in [0.25, 0.3) is 0 Å². The SMILES string of the molecule is COc1ccc(C2(C)NC(=O)N(CC(=O)c3cc(C)ccc3OC)C2=O)cc1. The molecule has 28 heavy (non-hydrogen) atoms. The zero-order valence-electron chi connectivity index (χ0n) is 16.2. The number of amides is 3. The number of rotatable bonds is 6. The highest BCUT2D eigenvalue weighted by atomic mass is 16.5. The van der Waals surface area contributed by atoms with Crippen LogP contribution in [0.3, 0.4) is 0 Å². The number of nitrogens with one attached hydrogen (secondary N) is 1. The number of aryl methyl sites for hydroxylation is 1. The Labute approximate surface area is 163 Å². The molecule has 1 saturated heterocycles. The molecular formula is C21H22N2O5. The van der Waals surface area contributed by atoms with Crippen molar-refractivity contribution in [2.45, 2.75) is 19.4 Å². The summed E-state index contributed by atoms with van der Waals surface area (Å²) in [5.41, 5.74) is 0.570. The van der Waals surface area contributed by atoms with E-state index in [1.54, 1.807) is 50.4 Å². The molecule has 7 heteroatoms. The fourth-order valence-electron chi connectivity index (χ4n) is 3.23. The molecule has 1 aliphatic rings. The second-order valence-corrected chi connectivity index (χ2v) is 6.80. The Hall–Kier alpha value is -3.35. The fourth-order valence-corrected chi connectivity index (χ4v) is 3.23. The molecule has 1 heterocycles. The number of methoxy groups -OCH3 is 2. The molecule has 3 amide bonds. The van der Waals surface area contributed by atoms with Crippen LogP contribution in [-0.4, -0.2) is 43.4 Å². The smallest absolute Gasteiger partial charge is 0.325 e. The van der Waals surface area contributed by atoms with Gasteiger partial charge in [0.05, 0.1) is 26.3 Å². The third-order valence-corrected chi connectivity index (χ3v) is 4.90. The van der Waals surface area contributed by atoms with E-state index in [1.165, 1.54) is 7.11 Å². The summed E-state index contributed by atoms with van der Waals surface area (Å²) in [4.78, 5) is 39.2. The van der Waals surface area contributed by atoms with Crippen molar-refractivity contribution >= 4 is 17.7 Å². The van der Waals surface area contributed by atoms with Crippen LogP contribution in [0.4, 0.5) is 4.79 Å². The van der Waals surface area contributed by atoms with E-state index >= 15 is 0 Å². The van der Waals surface area contributed by atoms with Crippen molar-refractivity contribution in [1.82, 2.24) is 10.2 Å². The van der Waals surface area contributed by atoms with Gasteiger partial charge >= 0.3 is 6.03 Å². The molecule has 0 spiro atoms. The zero-order valence-corrected chi connectivity index (χ0v) is 16.2. The van der Waals surface area contributed by atoms with Crippen molar-refractivity contribution in [1.29, 1.82) is 0 Å². The molecule has 1 fully saturated rings. The van der Waals surface area contributed by atoms with E-state index in [-0.39, 0.29) is 12.3 Å². The standard InChI is InChI=1S/C21H22N2O5/c1-13-5-10-18(28-4)16(11-13)17(24)12-23-19(25)21(2,22-20(23)26)14-6-8-15(27-3)9-7-14/h5-11H,12H2,1-4H3,(H,22,26). The summed E-state index contributed by atoms with van der Waals surface area (Å²) in [5, 5.41) is 2.69. The van der Waals surface area contributed by atoms with Crippen LogP contribution in [0, 0.1) is 6.92 Å². The molecule has 1 N–H and O–H groups in total. The van der Waals surface area contributed by atoms with Gasteiger partial charge in [-0.3, -0.25) is 14.5 Å². The van der Waals surface area contributed by atoms with E-state index in [9.17, 15) is 14.4 Å². The van der Waals surface area contributed by atoms with Gasteiger partial charge in [-0.25, -0.2) is 4.79 Å². The molecule has 3 rings (SSSR count). The molecule has 0 radical (unpaired) electrons. The molecule has 0 bridgehead atoms. The maximum absolute atomic E-state index is 13.0. The topological polar surface area (TPSA) is 84.9 Å². The van der Waals surface area contributed by atoms with Gasteiger partial charge in [-0.2, -0.15) is 0 Å². The Kier molecular flexibility index (Phi) is 5.09. The summed E-state index contributed by atoms with van der Waals surface area (Å²) in [6, 6.07) is 11.4. The quantitative estimate of drug-likeness (QED) is 0.613. The van der Waals surface area contributed by atoms with Gasteiger partial charge in [-0.05, 0) is 43.7 Å². The molecule has 1 unspecified atom stereocenters. The number of hydrogen-bond acceptors (Lipinski definition) is 5. The minimum Gasteiger partial charge on any atom is -0.497 e. The van der Waals surface area contributed by atoms with E-state index in [0.29, 0.717) is 22.6 Å². The summed E-state index contributed by atoms with van der Waals surface area (Å²) in [6.07, 6.45) is 0. The molecule has 146 valence electrons. The van der Waals surface area contributed by atoms with Gasteiger partial charge in [0.1, 0.15) is 17.0 Å². The highest BCUT2D eigenvalue weighted by Crippen LogP contribution is 2.30. The minimum absolute atomic E-state index is 0.334. The molecule has 0 aromatic heterocycles. The van der Waals surface area contributed by atoms with Gasteiger partial charge in [0.2, 0.25) is 0 Å². The minimum atomic E-state index is -1.25. The lowest BCUT2D eigenvalue weighted by molar-refractivity contribution is -0.130. The summed E-state index contributed by atoms with van der Waals surface area (Å²) in [7, 11) is 3.02. The number of ketones is 1. The Morgan fingerprint density at radius 3 is 2.36 bits per heavy atom. The lowest BCUT2D eigenvalue weighted by Crippen LogP contribution is -2.41. The number of hydrogen-bond donors (Lipinski definition) is 1. The largest absolute Gasteiger partial charge is 0.497 e. The molecule has 1 aliphatic heterocycles. The summed E-state index contributed by atoms with van der Waals surface area (Å²) < 4.78 is 10.4. The van der Waals surface area contributed by atoms with E-state index in [2.05, 4.69) is 5.32 Å². The van der Waals surface area contributed by atoms with Crippen LogP contribution in [-0.2, 0) is 10.3 Å². The van der Waals surface area contributed by atoms with Crippen molar-refractivity contribution in [3.05, 3.63) is 59.2 Å². The third-order valence-electron chi connectivity index (χ3n) is 4.90. The Morgan fingerprint density at radius 1 is 1.07 bits per heavy atom. The average Bonchev–Trinajstić information content (AvgIpc) is 2.92. The van der Waals surface area contributed by atoms with Crippen LogP contribution < -0.4 is 14.8 Å². The Bertz CT molecular complexity index is 938.